The maximum Gasteiger partial charge on any atom is 0.256 e. The van der Waals surface area contributed by atoms with Crippen LogP contribution >= 0.6 is 46.4 Å². The Hall–Kier alpha value is -2.70. The number of ether oxygens (including phenoxy) is 1. The molecule has 0 aliphatic carbocycles. The van der Waals surface area contributed by atoms with E-state index in [4.69, 9.17) is 51.1 Å². The number of amides is 1. The van der Waals surface area contributed by atoms with E-state index in [1.165, 1.54) is 0 Å². The van der Waals surface area contributed by atoms with Crippen LogP contribution in [0.1, 0.15) is 27.0 Å². The summed E-state index contributed by atoms with van der Waals surface area (Å²) < 4.78 is 7.43. The molecule has 1 heterocycles. The van der Waals surface area contributed by atoms with Gasteiger partial charge in [-0.2, -0.15) is 5.10 Å². The summed E-state index contributed by atoms with van der Waals surface area (Å²) in [5.41, 5.74) is 3.13. The number of hydrogen-bond donors (Lipinski definition) is 1. The molecule has 1 aromatic heterocycles. The molecule has 34 heavy (non-hydrogen) atoms. The lowest BCUT2D eigenvalue weighted by molar-refractivity contribution is 0.102. The Morgan fingerprint density at radius 3 is 2.59 bits per heavy atom. The molecule has 0 aliphatic heterocycles. The molecule has 4 aromatic rings. The molecule has 0 unspecified atom stereocenters. The van der Waals surface area contributed by atoms with Crippen LogP contribution in [0.4, 0.5) is 5.82 Å². The molecule has 3 aromatic carbocycles. The van der Waals surface area contributed by atoms with Crippen molar-refractivity contribution in [2.45, 2.75) is 20.1 Å². The highest BCUT2D eigenvalue weighted by molar-refractivity contribution is 6.35. The van der Waals surface area contributed by atoms with E-state index in [1.807, 2.05) is 31.2 Å². The van der Waals surface area contributed by atoms with Gasteiger partial charge < -0.3 is 10.1 Å². The average molecular weight is 535 g/mol. The van der Waals surface area contributed by atoms with Crippen molar-refractivity contribution in [1.29, 1.82) is 0 Å². The molecule has 9 heteroatoms. The number of nitrogens with one attached hydrogen (secondary N) is 1. The molecule has 174 valence electrons. The summed E-state index contributed by atoms with van der Waals surface area (Å²) in [5, 5.41) is 9.05. The van der Waals surface area contributed by atoms with Gasteiger partial charge in [0.25, 0.3) is 5.91 Å². The molecular formula is C25H19Cl4N3O2. The van der Waals surface area contributed by atoms with E-state index in [0.29, 0.717) is 37.9 Å². The fourth-order valence-electron chi connectivity index (χ4n) is 3.25. The lowest BCUT2D eigenvalue weighted by Gasteiger charge is -2.10. The lowest BCUT2D eigenvalue weighted by Crippen LogP contribution is -2.13. The number of hydrogen-bond acceptors (Lipinski definition) is 3. The summed E-state index contributed by atoms with van der Waals surface area (Å²) >= 11 is 24.7. The summed E-state index contributed by atoms with van der Waals surface area (Å²) in [6, 6.07) is 17.9. The second-order valence-corrected chi connectivity index (χ2v) is 9.29. The van der Waals surface area contributed by atoms with E-state index >= 15 is 0 Å². The maximum atomic E-state index is 12.8. The Balaban J connectivity index is 1.43. The molecule has 4 rings (SSSR count). The molecule has 0 spiro atoms. The molecular weight excluding hydrogens is 516 g/mol. The normalized spacial score (nSPS) is 10.9. The van der Waals surface area contributed by atoms with Crippen LogP contribution in [-0.2, 0) is 13.2 Å². The minimum absolute atomic E-state index is 0.255. The molecule has 0 saturated heterocycles. The first kappa shape index (κ1) is 24.4. The largest absolute Gasteiger partial charge is 0.487 e. The molecule has 0 fully saturated rings. The SMILES string of the molecule is Cc1ccc(Cl)c(OCc2cccc(C(=O)Nc3nn(Cc4ccc(Cl)cc4Cl)cc3Cl)c2)c1. The number of aryl methyl sites for hydroxylation is 1. The zero-order chi connectivity index (χ0) is 24.2. The summed E-state index contributed by atoms with van der Waals surface area (Å²) in [5.74, 6) is 0.506. The summed E-state index contributed by atoms with van der Waals surface area (Å²) in [7, 11) is 0. The molecule has 0 atom stereocenters. The van der Waals surface area contributed by atoms with Gasteiger partial charge in [-0.15, -0.1) is 0 Å². The number of carbonyl (C=O) groups is 1. The first-order valence-electron chi connectivity index (χ1n) is 10.2. The van der Waals surface area contributed by atoms with Crippen molar-refractivity contribution in [1.82, 2.24) is 9.78 Å². The number of nitrogens with zero attached hydrogens (tertiary/aromatic N) is 2. The standard InChI is InChI=1S/C25H19Cl4N3O2/c1-15-5-8-20(27)23(9-15)34-14-16-3-2-4-17(10-16)25(33)30-24-22(29)13-32(31-24)12-18-6-7-19(26)11-21(18)28/h2-11,13H,12,14H2,1H3,(H,30,31,33). The molecule has 0 radical (unpaired) electrons. The number of rotatable bonds is 7. The highest BCUT2D eigenvalue weighted by atomic mass is 35.5. The Morgan fingerprint density at radius 2 is 1.79 bits per heavy atom. The van der Waals surface area contributed by atoms with Gasteiger partial charge in [0.15, 0.2) is 5.82 Å². The van der Waals surface area contributed by atoms with Crippen LogP contribution in [0.5, 0.6) is 5.75 Å². The van der Waals surface area contributed by atoms with Gasteiger partial charge in [-0.1, -0.05) is 70.7 Å². The number of benzene rings is 3. The summed E-state index contributed by atoms with van der Waals surface area (Å²) in [6.45, 7) is 2.60. The van der Waals surface area contributed by atoms with Gasteiger partial charge in [0.1, 0.15) is 17.4 Å². The monoisotopic (exact) mass is 533 g/mol. The quantitative estimate of drug-likeness (QED) is 0.264. The van der Waals surface area contributed by atoms with Gasteiger partial charge in [0.05, 0.1) is 11.6 Å². The van der Waals surface area contributed by atoms with Crippen LogP contribution in [-0.4, -0.2) is 15.7 Å². The Labute approximate surface area is 217 Å². The van der Waals surface area contributed by atoms with Crippen molar-refractivity contribution in [2.24, 2.45) is 0 Å². The number of anilines is 1. The van der Waals surface area contributed by atoms with Gasteiger partial charge in [-0.05, 0) is 60.0 Å². The van der Waals surface area contributed by atoms with Gasteiger partial charge >= 0.3 is 0 Å². The molecule has 0 aliphatic rings. The smallest absolute Gasteiger partial charge is 0.256 e. The van der Waals surface area contributed by atoms with Crippen molar-refractivity contribution >= 4 is 58.1 Å². The third-order valence-electron chi connectivity index (χ3n) is 4.97. The Kier molecular flexibility index (Phi) is 7.69. The second-order valence-electron chi connectivity index (χ2n) is 7.64. The zero-order valence-electron chi connectivity index (χ0n) is 18.0. The third kappa shape index (κ3) is 6.05. The molecule has 0 saturated carbocycles. The minimum Gasteiger partial charge on any atom is -0.487 e. The zero-order valence-corrected chi connectivity index (χ0v) is 21.0. The van der Waals surface area contributed by atoms with E-state index in [2.05, 4.69) is 10.4 Å². The van der Waals surface area contributed by atoms with Gasteiger partial charge in [0, 0.05) is 21.8 Å². The molecule has 1 N–H and O–H groups in total. The first-order valence-corrected chi connectivity index (χ1v) is 11.8. The van der Waals surface area contributed by atoms with Crippen molar-refractivity contribution in [3.8, 4) is 5.75 Å². The predicted molar refractivity (Wildman–Crippen MR) is 138 cm³/mol. The maximum absolute atomic E-state index is 12.8. The van der Waals surface area contributed by atoms with Crippen molar-refractivity contribution in [3.63, 3.8) is 0 Å². The van der Waals surface area contributed by atoms with Crippen molar-refractivity contribution in [3.05, 3.63) is 109 Å². The van der Waals surface area contributed by atoms with E-state index in [9.17, 15) is 4.79 Å². The van der Waals surface area contributed by atoms with Crippen LogP contribution in [0.25, 0.3) is 0 Å². The average Bonchev–Trinajstić information content (AvgIpc) is 3.15. The molecule has 1 amide bonds. The van der Waals surface area contributed by atoms with Crippen molar-refractivity contribution < 1.29 is 9.53 Å². The van der Waals surface area contributed by atoms with Crippen molar-refractivity contribution in [2.75, 3.05) is 5.32 Å². The van der Waals surface area contributed by atoms with Gasteiger partial charge in [0.2, 0.25) is 0 Å². The van der Waals surface area contributed by atoms with Crippen LogP contribution in [0.15, 0.2) is 66.9 Å². The van der Waals surface area contributed by atoms with Gasteiger partial charge in [-0.25, -0.2) is 0 Å². The molecule has 5 nitrogen and oxygen atoms in total. The van der Waals surface area contributed by atoms with E-state index < -0.39 is 0 Å². The van der Waals surface area contributed by atoms with Crippen LogP contribution in [0.2, 0.25) is 20.1 Å². The van der Waals surface area contributed by atoms with E-state index in [0.717, 1.165) is 16.7 Å². The summed E-state index contributed by atoms with van der Waals surface area (Å²) in [6.07, 6.45) is 1.62. The highest BCUT2D eigenvalue weighted by Crippen LogP contribution is 2.27. The number of aromatic nitrogens is 2. The highest BCUT2D eigenvalue weighted by Gasteiger charge is 2.14. The third-order valence-corrected chi connectivity index (χ3v) is 6.14. The number of halogens is 4. The Bertz CT molecular complexity index is 1350. The van der Waals surface area contributed by atoms with Gasteiger partial charge in [-0.3, -0.25) is 9.48 Å². The topological polar surface area (TPSA) is 56.1 Å². The van der Waals surface area contributed by atoms with Crippen LogP contribution in [0.3, 0.4) is 0 Å². The predicted octanol–water partition coefficient (Wildman–Crippen LogP) is 7.68. The second kappa shape index (κ2) is 10.7. The fourth-order valence-corrected chi connectivity index (χ4v) is 4.09. The minimum atomic E-state index is -0.341. The lowest BCUT2D eigenvalue weighted by atomic mass is 10.1. The van der Waals surface area contributed by atoms with Crippen LogP contribution < -0.4 is 10.1 Å². The number of carbonyl (C=O) groups excluding carboxylic acids is 1. The van der Waals surface area contributed by atoms with Crippen LogP contribution in [0, 0.1) is 6.92 Å². The summed E-state index contributed by atoms with van der Waals surface area (Å²) in [4.78, 5) is 12.8. The fraction of sp³-hybridized carbons (Fsp3) is 0.120. The van der Waals surface area contributed by atoms with E-state index in [-0.39, 0.29) is 18.3 Å². The molecule has 0 bridgehead atoms. The van der Waals surface area contributed by atoms with E-state index in [1.54, 1.807) is 47.3 Å². The first-order chi connectivity index (χ1) is 16.3. The Morgan fingerprint density at radius 1 is 0.971 bits per heavy atom.